The van der Waals surface area contributed by atoms with E-state index in [1.807, 2.05) is 0 Å². The molecule has 5 aromatic rings. The molecule has 0 spiro atoms. The van der Waals surface area contributed by atoms with E-state index in [1.54, 1.807) is 7.11 Å². The highest BCUT2D eigenvalue weighted by Crippen LogP contribution is 2.39. The average Bonchev–Trinajstić information content (AvgIpc) is 2.87. The van der Waals surface area contributed by atoms with E-state index in [0.717, 1.165) is 0 Å². The highest BCUT2D eigenvalue weighted by Gasteiger charge is 2.23. The van der Waals surface area contributed by atoms with Crippen LogP contribution in [0.3, 0.4) is 0 Å². The fraction of sp³-hybridized carbons (Fsp3) is 0.0667. The van der Waals surface area contributed by atoms with E-state index < -0.39 is 7.92 Å². The molecule has 0 amide bonds. The second-order valence-electron chi connectivity index (χ2n) is 7.76. The maximum atomic E-state index is 6.08. The number of ether oxygens (including phenoxy) is 1. The highest BCUT2D eigenvalue weighted by molar-refractivity contribution is 7.80. The van der Waals surface area contributed by atoms with E-state index in [-0.39, 0.29) is 6.10 Å². The molecule has 1 nitrogen and oxygen atoms in total. The quantitative estimate of drug-likeness (QED) is 0.285. The monoisotopic (exact) mass is 432 g/mol. The smallest absolute Gasteiger partial charge is 0.108 e. The molecule has 0 saturated heterocycles. The molecule has 0 aromatic heterocycles. The summed E-state index contributed by atoms with van der Waals surface area (Å²) in [5, 5.41) is 6.61. The van der Waals surface area contributed by atoms with Crippen LogP contribution in [0.1, 0.15) is 17.2 Å². The third-order valence-electron chi connectivity index (χ3n) is 5.81. The molecule has 0 aliphatic heterocycles. The van der Waals surface area contributed by atoms with Gasteiger partial charge in [0.2, 0.25) is 0 Å². The van der Waals surface area contributed by atoms with Crippen LogP contribution in [0, 0.1) is 0 Å². The van der Waals surface area contributed by atoms with Crippen LogP contribution in [0.2, 0.25) is 0 Å². The van der Waals surface area contributed by atoms with Crippen LogP contribution in [0.4, 0.5) is 0 Å². The minimum Gasteiger partial charge on any atom is -0.372 e. The number of fused-ring (bicyclic) bond motifs is 1. The van der Waals surface area contributed by atoms with Crippen LogP contribution < -0.4 is 15.9 Å². The first-order valence-corrected chi connectivity index (χ1v) is 12.2. The summed E-state index contributed by atoms with van der Waals surface area (Å²) in [6, 6.07) is 45.5. The zero-order valence-corrected chi connectivity index (χ0v) is 19.0. The molecule has 2 heteroatoms. The number of methoxy groups -OCH3 is 1. The Bertz CT molecular complexity index is 1260. The van der Waals surface area contributed by atoms with Crippen LogP contribution in [0.25, 0.3) is 10.8 Å². The molecule has 1 unspecified atom stereocenters. The molecule has 1 atom stereocenters. The van der Waals surface area contributed by atoms with Crippen LogP contribution in [0.5, 0.6) is 0 Å². The lowest BCUT2D eigenvalue weighted by Crippen LogP contribution is -2.22. The van der Waals surface area contributed by atoms with Crippen molar-refractivity contribution in [2.24, 2.45) is 0 Å². The van der Waals surface area contributed by atoms with Crippen molar-refractivity contribution in [2.45, 2.75) is 6.10 Å². The normalized spacial score (nSPS) is 12.2. The third-order valence-corrected chi connectivity index (χ3v) is 8.29. The van der Waals surface area contributed by atoms with E-state index in [9.17, 15) is 0 Å². The van der Waals surface area contributed by atoms with Crippen molar-refractivity contribution in [3.05, 3.63) is 139 Å². The fourth-order valence-corrected chi connectivity index (χ4v) is 6.92. The summed E-state index contributed by atoms with van der Waals surface area (Å²) in [6.45, 7) is 0. The molecular formula is C30H25OP. The minimum absolute atomic E-state index is 0.121. The molecule has 0 saturated carbocycles. The van der Waals surface area contributed by atoms with E-state index >= 15 is 0 Å². The van der Waals surface area contributed by atoms with Crippen molar-refractivity contribution in [1.29, 1.82) is 0 Å². The molecule has 0 heterocycles. The second-order valence-corrected chi connectivity index (χ2v) is 9.94. The van der Waals surface area contributed by atoms with Crippen LogP contribution >= 0.6 is 7.92 Å². The van der Waals surface area contributed by atoms with Crippen molar-refractivity contribution < 1.29 is 4.74 Å². The molecule has 5 aromatic carbocycles. The predicted octanol–water partition coefficient (Wildman–Crippen LogP) is 6.33. The summed E-state index contributed by atoms with van der Waals surface area (Å²) >= 11 is 0. The lowest BCUT2D eigenvalue weighted by Gasteiger charge is -2.25. The third kappa shape index (κ3) is 3.98. The Kier molecular flexibility index (Phi) is 6.12. The molecule has 156 valence electrons. The molecule has 0 fully saturated rings. The van der Waals surface area contributed by atoms with Crippen molar-refractivity contribution in [2.75, 3.05) is 7.11 Å². The van der Waals surface area contributed by atoms with Crippen LogP contribution in [-0.2, 0) is 4.74 Å². The largest absolute Gasteiger partial charge is 0.372 e. The SMILES string of the molecule is COC(c1ccccc1)c1cccc2cccc(P(c3ccccc3)c3ccccc3)c12. The molecule has 0 aliphatic carbocycles. The Morgan fingerprint density at radius 3 is 1.66 bits per heavy atom. The van der Waals surface area contributed by atoms with Gasteiger partial charge in [0.1, 0.15) is 6.10 Å². The number of hydrogen-bond donors (Lipinski definition) is 0. The van der Waals surface area contributed by atoms with Crippen molar-refractivity contribution in [1.82, 2.24) is 0 Å². The molecule has 5 rings (SSSR count). The van der Waals surface area contributed by atoms with Gasteiger partial charge in [-0.05, 0) is 45.7 Å². The van der Waals surface area contributed by atoms with Gasteiger partial charge in [0.05, 0.1) is 0 Å². The first-order valence-electron chi connectivity index (χ1n) is 10.9. The summed E-state index contributed by atoms with van der Waals surface area (Å²) in [4.78, 5) is 0. The lowest BCUT2D eigenvalue weighted by molar-refractivity contribution is 0.137. The van der Waals surface area contributed by atoms with Crippen LogP contribution in [-0.4, -0.2) is 7.11 Å². The first kappa shape index (κ1) is 20.6. The summed E-state index contributed by atoms with van der Waals surface area (Å²) < 4.78 is 6.08. The van der Waals surface area contributed by atoms with E-state index in [0.29, 0.717) is 0 Å². The summed E-state index contributed by atoms with van der Waals surface area (Å²) in [7, 11) is 1.09. The predicted molar refractivity (Wildman–Crippen MR) is 138 cm³/mol. The average molecular weight is 433 g/mol. The Morgan fingerprint density at radius 1 is 0.562 bits per heavy atom. The van der Waals surface area contributed by atoms with Gasteiger partial charge < -0.3 is 4.74 Å². The first-order chi connectivity index (χ1) is 15.9. The van der Waals surface area contributed by atoms with E-state index in [1.165, 1.54) is 37.8 Å². The van der Waals surface area contributed by atoms with Gasteiger partial charge in [0.15, 0.2) is 0 Å². The number of benzene rings is 5. The Balaban J connectivity index is 1.79. The Morgan fingerprint density at radius 2 is 1.09 bits per heavy atom. The Hall–Kier alpha value is -3.25. The summed E-state index contributed by atoms with van der Waals surface area (Å²) in [6.07, 6.45) is -0.121. The van der Waals surface area contributed by atoms with Gasteiger partial charge in [-0.3, -0.25) is 0 Å². The second kappa shape index (κ2) is 9.49. The fourth-order valence-electron chi connectivity index (χ4n) is 4.41. The molecular weight excluding hydrogens is 407 g/mol. The molecule has 0 N–H and O–H groups in total. The van der Waals surface area contributed by atoms with Gasteiger partial charge in [-0.2, -0.15) is 0 Å². The molecule has 0 radical (unpaired) electrons. The zero-order chi connectivity index (χ0) is 21.8. The van der Waals surface area contributed by atoms with Crippen molar-refractivity contribution >= 4 is 34.6 Å². The maximum absolute atomic E-state index is 6.08. The van der Waals surface area contributed by atoms with E-state index in [4.69, 9.17) is 4.74 Å². The van der Waals surface area contributed by atoms with Gasteiger partial charge in [0.25, 0.3) is 0 Å². The summed E-state index contributed by atoms with van der Waals surface area (Å²) in [5.41, 5.74) is 2.38. The Labute approximate surface area is 191 Å². The lowest BCUT2D eigenvalue weighted by atomic mass is 9.95. The molecule has 0 bridgehead atoms. The number of rotatable bonds is 6. The molecule has 0 aliphatic rings. The minimum atomic E-state index is -0.716. The van der Waals surface area contributed by atoms with Crippen molar-refractivity contribution in [3.8, 4) is 0 Å². The highest BCUT2D eigenvalue weighted by atomic mass is 31.1. The van der Waals surface area contributed by atoms with Gasteiger partial charge in [-0.25, -0.2) is 0 Å². The number of hydrogen-bond acceptors (Lipinski definition) is 1. The van der Waals surface area contributed by atoms with E-state index in [2.05, 4.69) is 127 Å². The summed E-state index contributed by atoms with van der Waals surface area (Å²) in [5.74, 6) is 0. The van der Waals surface area contributed by atoms with Crippen molar-refractivity contribution in [3.63, 3.8) is 0 Å². The van der Waals surface area contributed by atoms with Gasteiger partial charge >= 0.3 is 0 Å². The van der Waals surface area contributed by atoms with Crippen LogP contribution in [0.15, 0.2) is 127 Å². The zero-order valence-electron chi connectivity index (χ0n) is 18.1. The maximum Gasteiger partial charge on any atom is 0.108 e. The van der Waals surface area contributed by atoms with Gasteiger partial charge in [-0.15, -0.1) is 0 Å². The molecule has 32 heavy (non-hydrogen) atoms. The van der Waals surface area contributed by atoms with Gasteiger partial charge in [-0.1, -0.05) is 127 Å². The topological polar surface area (TPSA) is 9.23 Å². The standard InChI is InChI=1S/C30H25OP/c1-31-30(24-13-5-2-6-14-24)27-21-11-15-23-16-12-22-28(29(23)27)32(25-17-7-3-8-18-25)26-19-9-4-10-20-26/h2-22,30H,1H3. The van der Waals surface area contributed by atoms with Gasteiger partial charge in [0, 0.05) is 7.11 Å².